The molecule has 0 aromatic carbocycles. The lowest BCUT2D eigenvalue weighted by Gasteiger charge is -1.90. The Hall–Kier alpha value is -0.240. The number of thioether (sulfide) groups is 1. The fourth-order valence-electron chi connectivity index (χ4n) is 0.435. The second-order valence-electron chi connectivity index (χ2n) is 1.39. The Morgan fingerprint density at radius 3 is 3.14 bits per heavy atom. The van der Waals surface area contributed by atoms with Gasteiger partial charge in [-0.15, -0.1) is 18.3 Å². The second kappa shape index (κ2) is 2.17. The summed E-state index contributed by atoms with van der Waals surface area (Å²) in [4.78, 5) is 4.07. The van der Waals surface area contributed by atoms with E-state index in [2.05, 4.69) is 11.6 Å². The molecule has 0 aliphatic carbocycles. The molecule has 1 nitrogen and oxygen atoms in total. The van der Waals surface area contributed by atoms with Crippen molar-refractivity contribution in [3.63, 3.8) is 0 Å². The third-order valence-electron chi connectivity index (χ3n) is 0.866. The number of hydrogen-bond donors (Lipinski definition) is 0. The minimum atomic E-state index is 0.394. The highest BCUT2D eigenvalue weighted by atomic mass is 32.2. The van der Waals surface area contributed by atoms with Gasteiger partial charge in [0.25, 0.3) is 0 Å². The van der Waals surface area contributed by atoms with E-state index in [1.54, 1.807) is 11.8 Å². The standard InChI is InChI=1S/C5H7NS/c1-2-5-3-7-4-6-5/h2,4-5H,1,3H2. The van der Waals surface area contributed by atoms with E-state index < -0.39 is 0 Å². The average Bonchev–Trinajstić information content (AvgIpc) is 2.14. The van der Waals surface area contributed by atoms with Crippen LogP contribution in [0.5, 0.6) is 0 Å². The van der Waals surface area contributed by atoms with Gasteiger partial charge in [0.15, 0.2) is 0 Å². The molecule has 0 aromatic heterocycles. The molecule has 7 heavy (non-hydrogen) atoms. The zero-order valence-corrected chi connectivity index (χ0v) is 4.82. The first-order valence-electron chi connectivity index (χ1n) is 2.19. The summed E-state index contributed by atoms with van der Waals surface area (Å²) in [5.74, 6) is 1.09. The molecule has 0 spiro atoms. The van der Waals surface area contributed by atoms with Crippen molar-refractivity contribution >= 4 is 17.3 Å². The van der Waals surface area contributed by atoms with Crippen LogP contribution in [0.1, 0.15) is 0 Å². The normalized spacial score (nSPS) is 28.3. The molecule has 1 heterocycles. The summed E-state index contributed by atoms with van der Waals surface area (Å²) < 4.78 is 0. The molecule has 2 heteroatoms. The molecule has 0 amide bonds. The predicted octanol–water partition coefficient (Wildman–Crippen LogP) is 1.32. The molecule has 0 saturated heterocycles. The van der Waals surface area contributed by atoms with Crippen molar-refractivity contribution in [3.8, 4) is 0 Å². The number of nitrogens with zero attached hydrogens (tertiary/aromatic N) is 1. The van der Waals surface area contributed by atoms with Crippen LogP contribution in [-0.4, -0.2) is 17.3 Å². The van der Waals surface area contributed by atoms with Crippen LogP contribution in [-0.2, 0) is 0 Å². The lowest BCUT2D eigenvalue weighted by molar-refractivity contribution is 0.967. The molecule has 0 saturated carbocycles. The quantitative estimate of drug-likeness (QED) is 0.467. The van der Waals surface area contributed by atoms with Crippen molar-refractivity contribution in [1.29, 1.82) is 0 Å². The Morgan fingerprint density at radius 1 is 2.00 bits per heavy atom. The largest absolute Gasteiger partial charge is 0.278 e. The van der Waals surface area contributed by atoms with E-state index in [-0.39, 0.29) is 0 Å². The maximum atomic E-state index is 4.07. The highest BCUT2D eigenvalue weighted by molar-refractivity contribution is 8.12. The van der Waals surface area contributed by atoms with E-state index in [4.69, 9.17) is 0 Å². The van der Waals surface area contributed by atoms with Crippen LogP contribution in [0.3, 0.4) is 0 Å². The van der Waals surface area contributed by atoms with Gasteiger partial charge >= 0.3 is 0 Å². The zero-order chi connectivity index (χ0) is 5.11. The van der Waals surface area contributed by atoms with Gasteiger partial charge in [0.2, 0.25) is 0 Å². The van der Waals surface area contributed by atoms with Crippen molar-refractivity contribution in [2.75, 3.05) is 5.75 Å². The summed E-state index contributed by atoms with van der Waals surface area (Å²) in [5, 5.41) is 0. The van der Waals surface area contributed by atoms with E-state index in [9.17, 15) is 0 Å². The van der Waals surface area contributed by atoms with Gasteiger partial charge in [0.05, 0.1) is 11.6 Å². The SMILES string of the molecule is C=CC1CSC=N1. The Labute approximate surface area is 47.5 Å². The van der Waals surface area contributed by atoms with Crippen LogP contribution in [0.15, 0.2) is 17.6 Å². The highest BCUT2D eigenvalue weighted by Gasteiger charge is 2.03. The van der Waals surface area contributed by atoms with E-state index in [0.29, 0.717) is 6.04 Å². The summed E-state index contributed by atoms with van der Waals surface area (Å²) in [6.07, 6.45) is 1.87. The first-order valence-corrected chi connectivity index (χ1v) is 3.24. The summed E-state index contributed by atoms with van der Waals surface area (Å²) in [6, 6.07) is 0.394. The topological polar surface area (TPSA) is 12.4 Å². The van der Waals surface area contributed by atoms with Gasteiger partial charge in [-0.1, -0.05) is 6.08 Å². The van der Waals surface area contributed by atoms with E-state index in [1.807, 2.05) is 11.6 Å². The van der Waals surface area contributed by atoms with Crippen molar-refractivity contribution in [2.24, 2.45) is 4.99 Å². The zero-order valence-electron chi connectivity index (χ0n) is 4.00. The molecular weight excluding hydrogens is 106 g/mol. The van der Waals surface area contributed by atoms with Crippen LogP contribution in [0.2, 0.25) is 0 Å². The van der Waals surface area contributed by atoms with Gasteiger partial charge < -0.3 is 0 Å². The van der Waals surface area contributed by atoms with Crippen molar-refractivity contribution in [3.05, 3.63) is 12.7 Å². The number of hydrogen-bond acceptors (Lipinski definition) is 2. The lowest BCUT2D eigenvalue weighted by Crippen LogP contribution is -1.95. The molecule has 0 bridgehead atoms. The van der Waals surface area contributed by atoms with Crippen LogP contribution < -0.4 is 0 Å². The Bertz CT molecular complexity index is 98.3. The first-order chi connectivity index (χ1) is 3.43. The Balaban J connectivity index is 2.42. The molecular formula is C5H7NS. The maximum absolute atomic E-state index is 4.07. The van der Waals surface area contributed by atoms with Crippen LogP contribution in [0.25, 0.3) is 0 Å². The molecule has 0 radical (unpaired) electrons. The molecule has 1 unspecified atom stereocenters. The van der Waals surface area contributed by atoms with Crippen molar-refractivity contribution in [2.45, 2.75) is 6.04 Å². The van der Waals surface area contributed by atoms with Crippen LogP contribution in [0.4, 0.5) is 0 Å². The van der Waals surface area contributed by atoms with Gasteiger partial charge in [-0.2, -0.15) is 0 Å². The predicted molar refractivity (Wildman–Crippen MR) is 34.9 cm³/mol. The van der Waals surface area contributed by atoms with Gasteiger partial charge in [0, 0.05) is 5.75 Å². The third-order valence-corrected chi connectivity index (χ3v) is 1.67. The monoisotopic (exact) mass is 113 g/mol. The Kier molecular flexibility index (Phi) is 1.52. The minimum absolute atomic E-state index is 0.394. The number of rotatable bonds is 1. The van der Waals surface area contributed by atoms with E-state index >= 15 is 0 Å². The molecule has 1 aliphatic heterocycles. The fraction of sp³-hybridized carbons (Fsp3) is 0.400. The first kappa shape index (κ1) is 4.91. The molecule has 0 N–H and O–H groups in total. The summed E-state index contributed by atoms with van der Waals surface area (Å²) in [6.45, 7) is 3.62. The van der Waals surface area contributed by atoms with Crippen LogP contribution in [0, 0.1) is 0 Å². The molecule has 1 rings (SSSR count). The molecule has 38 valence electrons. The molecule has 0 fully saturated rings. The van der Waals surface area contributed by atoms with Gasteiger partial charge in [0.1, 0.15) is 0 Å². The second-order valence-corrected chi connectivity index (χ2v) is 2.27. The maximum Gasteiger partial charge on any atom is 0.0777 e. The summed E-state index contributed by atoms with van der Waals surface area (Å²) >= 11 is 1.74. The van der Waals surface area contributed by atoms with Crippen LogP contribution >= 0.6 is 11.8 Å². The smallest absolute Gasteiger partial charge is 0.0777 e. The minimum Gasteiger partial charge on any atom is -0.278 e. The lowest BCUT2D eigenvalue weighted by atomic mass is 10.4. The van der Waals surface area contributed by atoms with E-state index in [0.717, 1.165) is 5.75 Å². The molecule has 0 aromatic rings. The van der Waals surface area contributed by atoms with E-state index in [1.165, 1.54) is 0 Å². The Morgan fingerprint density at radius 2 is 2.86 bits per heavy atom. The molecule has 1 aliphatic rings. The number of aliphatic imine (C=N–C) groups is 1. The summed E-state index contributed by atoms with van der Waals surface area (Å²) in [5.41, 5.74) is 1.88. The third kappa shape index (κ3) is 1.06. The average molecular weight is 113 g/mol. The summed E-state index contributed by atoms with van der Waals surface area (Å²) in [7, 11) is 0. The van der Waals surface area contributed by atoms with Gasteiger partial charge in [-0.05, 0) is 0 Å². The fourth-order valence-corrected chi connectivity index (χ4v) is 1.18. The highest BCUT2D eigenvalue weighted by Crippen LogP contribution is 2.10. The van der Waals surface area contributed by atoms with Gasteiger partial charge in [-0.25, -0.2) is 0 Å². The van der Waals surface area contributed by atoms with Gasteiger partial charge in [-0.3, -0.25) is 4.99 Å². The van der Waals surface area contributed by atoms with Crippen molar-refractivity contribution < 1.29 is 0 Å². The molecule has 1 atom stereocenters. The van der Waals surface area contributed by atoms with Crippen molar-refractivity contribution in [1.82, 2.24) is 0 Å².